The van der Waals surface area contributed by atoms with E-state index in [1.807, 2.05) is 0 Å². The van der Waals surface area contributed by atoms with E-state index in [0.717, 1.165) is 5.56 Å². The van der Waals surface area contributed by atoms with Crippen molar-refractivity contribution in [2.75, 3.05) is 11.9 Å². The van der Waals surface area contributed by atoms with E-state index in [9.17, 15) is 18.0 Å². The molecule has 2 aromatic rings. The molecule has 0 atom stereocenters. The third-order valence-electron chi connectivity index (χ3n) is 3.48. The number of urea groups is 1. The third-order valence-corrected chi connectivity index (χ3v) is 4.41. The molecule has 4 N–H and O–H groups in total. The molecule has 2 amide bonds. The molecule has 0 heterocycles. The zero-order valence-corrected chi connectivity index (χ0v) is 14.5. The van der Waals surface area contributed by atoms with Gasteiger partial charge in [0.15, 0.2) is 5.78 Å². The summed E-state index contributed by atoms with van der Waals surface area (Å²) in [6.45, 7) is 1.83. The second kappa shape index (κ2) is 7.91. The van der Waals surface area contributed by atoms with E-state index in [0.29, 0.717) is 24.2 Å². The van der Waals surface area contributed by atoms with Gasteiger partial charge in [-0.05, 0) is 43.2 Å². The van der Waals surface area contributed by atoms with Crippen LogP contribution in [0.25, 0.3) is 0 Å². The van der Waals surface area contributed by atoms with Crippen LogP contribution < -0.4 is 15.8 Å². The summed E-state index contributed by atoms with van der Waals surface area (Å²) < 4.78 is 22.4. The van der Waals surface area contributed by atoms with Crippen LogP contribution in [-0.4, -0.2) is 26.8 Å². The molecule has 0 bridgehead atoms. The number of anilines is 1. The topological polar surface area (TPSA) is 118 Å². The maximum atomic E-state index is 11.9. The van der Waals surface area contributed by atoms with Gasteiger partial charge in [-0.25, -0.2) is 18.4 Å². The molecule has 0 radical (unpaired) electrons. The molecule has 25 heavy (non-hydrogen) atoms. The number of sulfonamides is 1. The lowest BCUT2D eigenvalue weighted by Crippen LogP contribution is -2.30. The smallest absolute Gasteiger partial charge is 0.319 e. The molecule has 0 unspecified atom stereocenters. The van der Waals surface area contributed by atoms with Crippen LogP contribution in [0.3, 0.4) is 0 Å². The summed E-state index contributed by atoms with van der Waals surface area (Å²) in [5.74, 6) is -0.0769. The van der Waals surface area contributed by atoms with E-state index in [-0.39, 0.29) is 16.7 Å². The highest BCUT2D eigenvalue weighted by Crippen LogP contribution is 2.11. The van der Waals surface area contributed by atoms with Crippen molar-refractivity contribution in [1.29, 1.82) is 0 Å². The van der Waals surface area contributed by atoms with Crippen molar-refractivity contribution in [2.24, 2.45) is 5.14 Å². The van der Waals surface area contributed by atoms with Crippen LogP contribution in [0.5, 0.6) is 0 Å². The van der Waals surface area contributed by atoms with Crippen LogP contribution in [0.1, 0.15) is 22.8 Å². The summed E-state index contributed by atoms with van der Waals surface area (Å²) in [7, 11) is -3.70. The Bertz CT molecular complexity index is 877. The van der Waals surface area contributed by atoms with Gasteiger partial charge in [0.1, 0.15) is 0 Å². The van der Waals surface area contributed by atoms with Gasteiger partial charge >= 0.3 is 6.03 Å². The molecule has 8 heteroatoms. The predicted octanol–water partition coefficient (Wildman–Crippen LogP) is 1.90. The highest BCUT2D eigenvalue weighted by atomic mass is 32.2. The molecule has 0 aromatic heterocycles. The maximum Gasteiger partial charge on any atom is 0.319 e. The molecular formula is C17H19N3O4S. The van der Waals surface area contributed by atoms with Crippen LogP contribution in [-0.2, 0) is 16.4 Å². The number of nitrogens with two attached hydrogens (primary N) is 1. The van der Waals surface area contributed by atoms with Crippen molar-refractivity contribution in [2.45, 2.75) is 18.2 Å². The van der Waals surface area contributed by atoms with Crippen LogP contribution in [0.2, 0.25) is 0 Å². The number of hydrogen-bond acceptors (Lipinski definition) is 4. The number of carbonyl (C=O) groups is 2. The number of carbonyl (C=O) groups excluding carboxylic acids is 2. The minimum absolute atomic E-state index is 0.0484. The number of hydrogen-bond donors (Lipinski definition) is 3. The number of Topliss-reactive ketones (excluding diaryl/α,β-unsaturated/α-hetero) is 1. The first-order valence-electron chi connectivity index (χ1n) is 7.53. The molecule has 0 spiro atoms. The Balaban J connectivity index is 1.84. The van der Waals surface area contributed by atoms with Gasteiger partial charge in [0.25, 0.3) is 0 Å². The van der Waals surface area contributed by atoms with Crippen LogP contribution in [0, 0.1) is 0 Å². The first-order valence-corrected chi connectivity index (χ1v) is 9.08. The predicted molar refractivity (Wildman–Crippen MR) is 95.0 cm³/mol. The summed E-state index contributed by atoms with van der Waals surface area (Å²) >= 11 is 0. The van der Waals surface area contributed by atoms with Crippen LogP contribution in [0.4, 0.5) is 10.5 Å². The van der Waals surface area contributed by atoms with Crippen molar-refractivity contribution in [3.05, 3.63) is 59.7 Å². The van der Waals surface area contributed by atoms with Gasteiger partial charge in [-0.1, -0.05) is 24.3 Å². The first-order chi connectivity index (χ1) is 11.8. The summed E-state index contributed by atoms with van der Waals surface area (Å²) in [5.41, 5.74) is 1.92. The van der Waals surface area contributed by atoms with Crippen molar-refractivity contribution < 1.29 is 18.0 Å². The molecule has 0 fully saturated rings. The molecule has 0 saturated heterocycles. The number of primary sulfonamides is 1. The Morgan fingerprint density at radius 1 is 1.08 bits per heavy atom. The quantitative estimate of drug-likeness (QED) is 0.681. The van der Waals surface area contributed by atoms with E-state index in [1.165, 1.54) is 19.1 Å². The second-order valence-corrected chi connectivity index (χ2v) is 7.02. The highest BCUT2D eigenvalue weighted by molar-refractivity contribution is 7.89. The number of ketones is 1. The third kappa shape index (κ3) is 5.70. The zero-order chi connectivity index (χ0) is 18.4. The van der Waals surface area contributed by atoms with Crippen molar-refractivity contribution in [3.8, 4) is 0 Å². The normalized spacial score (nSPS) is 11.0. The lowest BCUT2D eigenvalue weighted by atomic mass is 10.1. The fraction of sp³-hybridized carbons (Fsp3) is 0.176. The summed E-state index contributed by atoms with van der Waals surface area (Å²) in [4.78, 5) is 23.2. The summed E-state index contributed by atoms with van der Waals surface area (Å²) in [6, 6.07) is 12.4. The fourth-order valence-corrected chi connectivity index (χ4v) is 2.67. The minimum Gasteiger partial charge on any atom is -0.338 e. The monoisotopic (exact) mass is 361 g/mol. The van der Waals surface area contributed by atoms with Crippen LogP contribution in [0.15, 0.2) is 53.4 Å². The molecule has 0 aliphatic rings. The number of benzene rings is 2. The Kier molecular flexibility index (Phi) is 5.89. The lowest BCUT2D eigenvalue weighted by Gasteiger charge is -2.09. The first kappa shape index (κ1) is 18.6. The SMILES string of the molecule is CC(=O)c1cccc(NC(=O)NCCc2ccc(S(N)(=O)=O)cc2)c1. The second-order valence-electron chi connectivity index (χ2n) is 5.46. The Labute approximate surface area is 146 Å². The lowest BCUT2D eigenvalue weighted by molar-refractivity contribution is 0.101. The van der Waals surface area contributed by atoms with Gasteiger partial charge in [0.05, 0.1) is 4.90 Å². The Hall–Kier alpha value is -2.71. The van der Waals surface area contributed by atoms with Crippen LogP contribution >= 0.6 is 0 Å². The standard InChI is InChI=1S/C17H19N3O4S/c1-12(21)14-3-2-4-15(11-14)20-17(22)19-10-9-13-5-7-16(8-6-13)25(18,23)24/h2-8,11H,9-10H2,1H3,(H2,18,23,24)(H2,19,20,22). The van der Waals surface area contributed by atoms with E-state index in [2.05, 4.69) is 10.6 Å². The van der Waals surface area contributed by atoms with Gasteiger partial charge in [-0.15, -0.1) is 0 Å². The van der Waals surface area contributed by atoms with Gasteiger partial charge in [0.2, 0.25) is 10.0 Å². The maximum absolute atomic E-state index is 11.9. The average molecular weight is 361 g/mol. The van der Waals surface area contributed by atoms with Gasteiger partial charge in [0, 0.05) is 17.8 Å². The molecule has 0 aliphatic heterocycles. The number of amides is 2. The van der Waals surface area contributed by atoms with E-state index in [4.69, 9.17) is 5.14 Å². The Morgan fingerprint density at radius 2 is 1.76 bits per heavy atom. The summed E-state index contributed by atoms with van der Waals surface area (Å²) in [5, 5.41) is 10.4. The van der Waals surface area contributed by atoms with Crippen molar-refractivity contribution >= 4 is 27.5 Å². The Morgan fingerprint density at radius 3 is 2.36 bits per heavy atom. The minimum atomic E-state index is -3.70. The molecule has 2 aromatic carbocycles. The number of nitrogens with one attached hydrogen (secondary N) is 2. The van der Waals surface area contributed by atoms with E-state index >= 15 is 0 Å². The molecule has 0 saturated carbocycles. The highest BCUT2D eigenvalue weighted by Gasteiger charge is 2.07. The van der Waals surface area contributed by atoms with E-state index < -0.39 is 10.0 Å². The van der Waals surface area contributed by atoms with Gasteiger partial charge in [-0.2, -0.15) is 0 Å². The van der Waals surface area contributed by atoms with E-state index in [1.54, 1.807) is 36.4 Å². The average Bonchev–Trinajstić information content (AvgIpc) is 2.54. The van der Waals surface area contributed by atoms with Crippen molar-refractivity contribution in [1.82, 2.24) is 5.32 Å². The molecule has 0 aliphatic carbocycles. The van der Waals surface area contributed by atoms with Gasteiger partial charge in [-0.3, -0.25) is 4.79 Å². The number of rotatable bonds is 6. The largest absolute Gasteiger partial charge is 0.338 e. The molecule has 132 valence electrons. The zero-order valence-electron chi connectivity index (χ0n) is 13.7. The molecular weight excluding hydrogens is 342 g/mol. The van der Waals surface area contributed by atoms with Gasteiger partial charge < -0.3 is 10.6 Å². The van der Waals surface area contributed by atoms with Crippen molar-refractivity contribution in [3.63, 3.8) is 0 Å². The fourth-order valence-electron chi connectivity index (χ4n) is 2.16. The summed E-state index contributed by atoms with van der Waals surface area (Å²) in [6.07, 6.45) is 0.534. The molecule has 2 rings (SSSR count). The molecule has 7 nitrogen and oxygen atoms in total.